The van der Waals surface area contributed by atoms with Gasteiger partial charge in [0, 0.05) is 54.2 Å². The van der Waals surface area contributed by atoms with E-state index in [2.05, 4.69) is 158 Å². The van der Waals surface area contributed by atoms with Crippen LogP contribution in [0.15, 0.2) is 167 Å². The van der Waals surface area contributed by atoms with Gasteiger partial charge < -0.3 is 8.98 Å². The number of benzene rings is 8. The predicted molar refractivity (Wildman–Crippen MR) is 232 cm³/mol. The molecule has 1 aliphatic carbocycles. The van der Waals surface area contributed by atoms with Crippen LogP contribution in [0.25, 0.3) is 110 Å². The molecule has 0 fully saturated rings. The number of aromatic nitrogens is 2. The number of pyridine rings is 1. The number of fused-ring (bicyclic) bond motifs is 15. The van der Waals surface area contributed by atoms with Gasteiger partial charge in [0.05, 0.1) is 22.1 Å². The van der Waals surface area contributed by atoms with Crippen LogP contribution < -0.4 is 5.56 Å². The van der Waals surface area contributed by atoms with E-state index < -0.39 is 0 Å². The lowest BCUT2D eigenvalue weighted by molar-refractivity contribution is 0.666. The number of furan rings is 1. The van der Waals surface area contributed by atoms with E-state index in [1.807, 2.05) is 22.6 Å². The normalized spacial score (nSPS) is 13.8. The van der Waals surface area contributed by atoms with Crippen molar-refractivity contribution in [1.82, 2.24) is 8.97 Å². The fourth-order valence-corrected chi connectivity index (χ4v) is 10.5. The number of nitrogens with zero attached hydrogens (tertiary/aromatic N) is 2. The van der Waals surface area contributed by atoms with Gasteiger partial charge in [-0.25, -0.2) is 0 Å². The Kier molecular flexibility index (Phi) is 5.56. The van der Waals surface area contributed by atoms with E-state index in [1.54, 1.807) is 0 Å². The number of rotatable bonds is 2. The van der Waals surface area contributed by atoms with E-state index in [1.165, 1.54) is 44.1 Å². The molecule has 0 saturated carbocycles. The molecule has 0 unspecified atom stereocenters. The Morgan fingerprint density at radius 1 is 0.482 bits per heavy atom. The molecule has 1 aliphatic rings. The van der Waals surface area contributed by atoms with Crippen molar-refractivity contribution in [2.24, 2.45) is 0 Å². The standard InChI is InChI=1S/C52H32N2O2/c1-52(2)41-18-7-5-12-33(41)34-23-25-44-48(49(34)52)38-14-6-8-19-42(38)53(44)30-22-26-45-40(28-30)47-31(15-10-20-46(47)56-45)29-21-24-43-39(27-29)36-17-9-16-35-32-11-3-4-13-37(32)51(55)54(43)50(35)36/h3-28H,1-2H3. The van der Waals surface area contributed by atoms with E-state index in [0.717, 1.165) is 76.7 Å². The molecule has 4 heteroatoms. The van der Waals surface area contributed by atoms with Gasteiger partial charge in [0.25, 0.3) is 5.56 Å². The average Bonchev–Trinajstić information content (AvgIpc) is 3.95. The fourth-order valence-electron chi connectivity index (χ4n) is 10.5. The van der Waals surface area contributed by atoms with E-state index in [4.69, 9.17) is 4.42 Å². The number of hydrogen-bond acceptors (Lipinski definition) is 2. The van der Waals surface area contributed by atoms with Gasteiger partial charge in [0.2, 0.25) is 0 Å². The zero-order chi connectivity index (χ0) is 37.0. The van der Waals surface area contributed by atoms with Crippen LogP contribution in [0, 0.1) is 0 Å². The highest BCUT2D eigenvalue weighted by molar-refractivity contribution is 6.22. The van der Waals surface area contributed by atoms with Gasteiger partial charge in [0.1, 0.15) is 11.2 Å². The first kappa shape index (κ1) is 30.2. The third-order valence-electron chi connectivity index (χ3n) is 12.8. The Bertz CT molecular complexity index is 3760. The van der Waals surface area contributed by atoms with Crippen LogP contribution in [-0.4, -0.2) is 8.97 Å². The van der Waals surface area contributed by atoms with Crippen molar-refractivity contribution in [3.05, 3.63) is 179 Å². The molecule has 0 radical (unpaired) electrons. The first-order chi connectivity index (χ1) is 27.5. The lowest BCUT2D eigenvalue weighted by Crippen LogP contribution is -2.15. The SMILES string of the molecule is CC1(C)c2ccccc2-c2ccc3c(c21)c1ccccc1n3-c1ccc2oc3cccc(-c4ccc5c(c4)c4cccc6c7ccccc7c(=O)n5c64)c3c2c1. The Balaban J connectivity index is 1.06. The highest BCUT2D eigenvalue weighted by atomic mass is 16.3. The molecular formula is C52H32N2O2. The summed E-state index contributed by atoms with van der Waals surface area (Å²) < 4.78 is 10.9. The van der Waals surface area contributed by atoms with Crippen LogP contribution in [0.4, 0.5) is 0 Å². The summed E-state index contributed by atoms with van der Waals surface area (Å²) in [4.78, 5) is 14.0. The van der Waals surface area contributed by atoms with Crippen molar-refractivity contribution >= 4 is 81.7 Å². The molecule has 0 amide bonds. The molecule has 0 spiro atoms. The molecule has 4 aromatic heterocycles. The van der Waals surface area contributed by atoms with Gasteiger partial charge in [-0.15, -0.1) is 0 Å². The zero-order valence-electron chi connectivity index (χ0n) is 30.7. The largest absolute Gasteiger partial charge is 0.456 e. The summed E-state index contributed by atoms with van der Waals surface area (Å²) in [5.74, 6) is 0. The monoisotopic (exact) mass is 716 g/mol. The van der Waals surface area contributed by atoms with Gasteiger partial charge in [0.15, 0.2) is 0 Å². The molecule has 262 valence electrons. The highest BCUT2D eigenvalue weighted by Gasteiger charge is 2.38. The quantitative estimate of drug-likeness (QED) is 0.167. The zero-order valence-corrected chi connectivity index (χ0v) is 30.7. The summed E-state index contributed by atoms with van der Waals surface area (Å²) in [6.07, 6.45) is 0. The number of para-hydroxylation sites is 2. The topological polar surface area (TPSA) is 39.5 Å². The maximum atomic E-state index is 14.0. The summed E-state index contributed by atoms with van der Waals surface area (Å²) in [5.41, 5.74) is 14.6. The summed E-state index contributed by atoms with van der Waals surface area (Å²) in [5, 5.41) is 9.70. The van der Waals surface area contributed by atoms with E-state index in [9.17, 15) is 4.79 Å². The molecule has 0 bridgehead atoms. The second-order valence-electron chi connectivity index (χ2n) is 16.0. The minimum atomic E-state index is -0.135. The molecule has 4 heterocycles. The minimum Gasteiger partial charge on any atom is -0.456 e. The lowest BCUT2D eigenvalue weighted by atomic mass is 9.80. The van der Waals surface area contributed by atoms with Crippen molar-refractivity contribution < 1.29 is 4.42 Å². The summed E-state index contributed by atoms with van der Waals surface area (Å²) in [7, 11) is 0. The highest BCUT2D eigenvalue weighted by Crippen LogP contribution is 2.53. The van der Waals surface area contributed by atoms with Crippen molar-refractivity contribution in [1.29, 1.82) is 0 Å². The van der Waals surface area contributed by atoms with Gasteiger partial charge >= 0.3 is 0 Å². The van der Waals surface area contributed by atoms with Gasteiger partial charge in [-0.05, 0) is 93.4 Å². The summed E-state index contributed by atoms with van der Waals surface area (Å²) >= 11 is 0. The van der Waals surface area contributed by atoms with E-state index >= 15 is 0 Å². The Hall–Kier alpha value is -7.17. The van der Waals surface area contributed by atoms with Gasteiger partial charge in [-0.1, -0.05) is 117 Å². The Morgan fingerprint density at radius 3 is 2.09 bits per heavy atom. The van der Waals surface area contributed by atoms with Crippen LogP contribution >= 0.6 is 0 Å². The molecule has 13 rings (SSSR count). The lowest BCUT2D eigenvalue weighted by Gasteiger charge is -2.22. The molecule has 0 aliphatic heterocycles. The van der Waals surface area contributed by atoms with Crippen molar-refractivity contribution in [2.75, 3.05) is 0 Å². The van der Waals surface area contributed by atoms with Crippen LogP contribution in [0.5, 0.6) is 0 Å². The maximum Gasteiger partial charge on any atom is 0.263 e. The van der Waals surface area contributed by atoms with Crippen molar-refractivity contribution in [3.63, 3.8) is 0 Å². The summed E-state index contributed by atoms with van der Waals surface area (Å²) in [6, 6.07) is 56.2. The maximum absolute atomic E-state index is 14.0. The fraction of sp³-hybridized carbons (Fsp3) is 0.0577. The van der Waals surface area contributed by atoms with Crippen LogP contribution in [-0.2, 0) is 5.41 Å². The average molecular weight is 717 g/mol. The predicted octanol–water partition coefficient (Wildman–Crippen LogP) is 13.2. The third-order valence-corrected chi connectivity index (χ3v) is 12.8. The summed E-state index contributed by atoms with van der Waals surface area (Å²) in [6.45, 7) is 4.74. The molecule has 12 aromatic rings. The molecule has 8 aromatic carbocycles. The molecule has 0 atom stereocenters. The van der Waals surface area contributed by atoms with Crippen LogP contribution in [0.2, 0.25) is 0 Å². The second-order valence-corrected chi connectivity index (χ2v) is 16.0. The van der Waals surface area contributed by atoms with Gasteiger partial charge in [-0.3, -0.25) is 9.20 Å². The second kappa shape index (κ2) is 10.3. The number of hydrogen-bond donors (Lipinski definition) is 0. The molecule has 56 heavy (non-hydrogen) atoms. The molecule has 4 nitrogen and oxygen atoms in total. The van der Waals surface area contributed by atoms with Crippen LogP contribution in [0.3, 0.4) is 0 Å². The van der Waals surface area contributed by atoms with Gasteiger partial charge in [-0.2, -0.15) is 0 Å². The molecular weight excluding hydrogens is 685 g/mol. The Morgan fingerprint density at radius 2 is 1.20 bits per heavy atom. The van der Waals surface area contributed by atoms with Crippen molar-refractivity contribution in [2.45, 2.75) is 19.3 Å². The van der Waals surface area contributed by atoms with E-state index in [-0.39, 0.29) is 11.0 Å². The third kappa shape index (κ3) is 3.62. The smallest absolute Gasteiger partial charge is 0.263 e. The first-order valence-electron chi connectivity index (χ1n) is 19.3. The van der Waals surface area contributed by atoms with E-state index in [0.29, 0.717) is 0 Å². The molecule has 0 saturated heterocycles. The first-order valence-corrected chi connectivity index (χ1v) is 19.3. The minimum absolute atomic E-state index is 0.0191. The van der Waals surface area contributed by atoms with Crippen LogP contribution in [0.1, 0.15) is 25.0 Å². The molecule has 0 N–H and O–H groups in total. The van der Waals surface area contributed by atoms with Crippen molar-refractivity contribution in [3.8, 4) is 27.9 Å². The Labute approximate surface area is 320 Å².